The number of nitrogens with one attached hydrogen (secondary N) is 1. The van der Waals surface area contributed by atoms with E-state index in [1.165, 1.54) is 0 Å². The Bertz CT molecular complexity index is 434. The zero-order chi connectivity index (χ0) is 15.1. The molecular formula is C16H26N2O2. The van der Waals surface area contributed by atoms with Gasteiger partial charge in [-0.3, -0.25) is 4.79 Å². The van der Waals surface area contributed by atoms with E-state index in [1.54, 1.807) is 0 Å². The lowest BCUT2D eigenvalue weighted by Crippen LogP contribution is -2.40. The summed E-state index contributed by atoms with van der Waals surface area (Å²) in [6.45, 7) is 8.09. The Morgan fingerprint density at radius 3 is 2.60 bits per heavy atom. The zero-order valence-corrected chi connectivity index (χ0v) is 12.8. The average Bonchev–Trinajstić information content (AvgIpc) is 2.45. The molecule has 1 amide bonds. The van der Waals surface area contributed by atoms with Crippen molar-refractivity contribution in [3.63, 3.8) is 0 Å². The van der Waals surface area contributed by atoms with Crippen LogP contribution in [0.15, 0.2) is 24.3 Å². The van der Waals surface area contributed by atoms with Crippen LogP contribution in [0, 0.1) is 5.92 Å². The second kappa shape index (κ2) is 7.90. The van der Waals surface area contributed by atoms with E-state index in [1.807, 2.05) is 45.0 Å². The topological polar surface area (TPSA) is 64.3 Å². The van der Waals surface area contributed by atoms with Gasteiger partial charge in [0.15, 0.2) is 0 Å². The minimum Gasteiger partial charge on any atom is -0.491 e. The summed E-state index contributed by atoms with van der Waals surface area (Å²) in [5.74, 6) is 0.767. The van der Waals surface area contributed by atoms with Crippen molar-refractivity contribution < 1.29 is 9.53 Å². The van der Waals surface area contributed by atoms with E-state index in [9.17, 15) is 4.79 Å². The molecule has 0 aliphatic heterocycles. The molecule has 3 atom stereocenters. The molecule has 1 aromatic rings. The van der Waals surface area contributed by atoms with E-state index in [-0.39, 0.29) is 17.9 Å². The fourth-order valence-electron chi connectivity index (χ4n) is 1.70. The summed E-state index contributed by atoms with van der Waals surface area (Å²) in [5, 5.41) is 2.84. The van der Waals surface area contributed by atoms with Crippen molar-refractivity contribution in [2.45, 2.75) is 52.7 Å². The highest BCUT2D eigenvalue weighted by atomic mass is 16.5. The molecular weight excluding hydrogens is 252 g/mol. The maximum atomic E-state index is 12.0. The van der Waals surface area contributed by atoms with Crippen molar-refractivity contribution in [1.29, 1.82) is 0 Å². The molecule has 1 rings (SSSR count). The number of nitrogens with two attached hydrogens (primary N) is 1. The third kappa shape index (κ3) is 4.85. The average molecular weight is 278 g/mol. The molecule has 4 nitrogen and oxygen atoms in total. The lowest BCUT2D eigenvalue weighted by molar-refractivity contribution is -0.118. The van der Waals surface area contributed by atoms with Gasteiger partial charge in [-0.1, -0.05) is 33.3 Å². The van der Waals surface area contributed by atoms with Gasteiger partial charge in [0.05, 0.1) is 12.1 Å². The van der Waals surface area contributed by atoms with E-state index >= 15 is 0 Å². The minimum absolute atomic E-state index is 0.153. The normalized spacial score (nSPS) is 15.2. The Labute approximate surface area is 121 Å². The minimum atomic E-state index is -0.487. The first-order valence-electron chi connectivity index (χ1n) is 7.31. The fourth-order valence-corrected chi connectivity index (χ4v) is 1.70. The largest absolute Gasteiger partial charge is 0.491 e. The van der Waals surface area contributed by atoms with Crippen LogP contribution < -0.4 is 15.8 Å². The standard InChI is InChI=1S/C16H26N2O2/c1-5-11(3)15(17)16(19)18-13-8-7-9-14(10-13)20-12(4)6-2/h7-12,15H,5-6,17H2,1-4H3,(H,18,19). The van der Waals surface area contributed by atoms with Gasteiger partial charge in [0.1, 0.15) is 5.75 Å². The number of carbonyl (C=O) groups is 1. The fraction of sp³-hybridized carbons (Fsp3) is 0.562. The molecule has 0 fully saturated rings. The van der Waals surface area contributed by atoms with Crippen LogP contribution in [0.3, 0.4) is 0 Å². The summed E-state index contributed by atoms with van der Waals surface area (Å²) in [6.07, 6.45) is 1.98. The van der Waals surface area contributed by atoms with Crippen LogP contribution in [-0.4, -0.2) is 18.1 Å². The zero-order valence-electron chi connectivity index (χ0n) is 12.8. The van der Waals surface area contributed by atoms with Gasteiger partial charge < -0.3 is 15.8 Å². The van der Waals surface area contributed by atoms with E-state index in [0.29, 0.717) is 0 Å². The summed E-state index contributed by atoms with van der Waals surface area (Å²) in [4.78, 5) is 12.0. The molecule has 0 bridgehead atoms. The quantitative estimate of drug-likeness (QED) is 0.805. The van der Waals surface area contributed by atoms with E-state index in [0.717, 1.165) is 24.3 Å². The van der Waals surface area contributed by atoms with Gasteiger partial charge in [0, 0.05) is 11.8 Å². The van der Waals surface area contributed by atoms with Crippen molar-refractivity contribution in [2.24, 2.45) is 11.7 Å². The van der Waals surface area contributed by atoms with Crippen LogP contribution in [0.4, 0.5) is 5.69 Å². The molecule has 0 aromatic heterocycles. The Morgan fingerprint density at radius 2 is 2.00 bits per heavy atom. The van der Waals surface area contributed by atoms with Crippen molar-refractivity contribution >= 4 is 11.6 Å². The molecule has 1 aromatic carbocycles. The summed E-state index contributed by atoms with van der Waals surface area (Å²) in [7, 11) is 0. The van der Waals surface area contributed by atoms with Crippen LogP contribution in [-0.2, 0) is 4.79 Å². The first-order valence-corrected chi connectivity index (χ1v) is 7.31. The van der Waals surface area contributed by atoms with Crippen molar-refractivity contribution in [1.82, 2.24) is 0 Å². The van der Waals surface area contributed by atoms with E-state index < -0.39 is 6.04 Å². The van der Waals surface area contributed by atoms with Crippen LogP contribution in [0.2, 0.25) is 0 Å². The predicted molar refractivity (Wildman–Crippen MR) is 82.9 cm³/mol. The van der Waals surface area contributed by atoms with Gasteiger partial charge in [-0.05, 0) is 31.4 Å². The lowest BCUT2D eigenvalue weighted by atomic mass is 9.99. The number of amides is 1. The molecule has 20 heavy (non-hydrogen) atoms. The van der Waals surface area contributed by atoms with Gasteiger partial charge in [0.25, 0.3) is 0 Å². The van der Waals surface area contributed by atoms with E-state index in [4.69, 9.17) is 10.5 Å². The molecule has 0 radical (unpaired) electrons. The molecule has 0 saturated carbocycles. The lowest BCUT2D eigenvalue weighted by Gasteiger charge is -2.18. The van der Waals surface area contributed by atoms with Crippen LogP contribution in [0.1, 0.15) is 40.5 Å². The van der Waals surface area contributed by atoms with Crippen LogP contribution >= 0.6 is 0 Å². The molecule has 3 unspecified atom stereocenters. The summed E-state index contributed by atoms with van der Waals surface area (Å²) >= 11 is 0. The number of benzene rings is 1. The number of ether oxygens (including phenoxy) is 1. The molecule has 3 N–H and O–H groups in total. The summed E-state index contributed by atoms with van der Waals surface area (Å²) in [6, 6.07) is 6.93. The first kappa shape index (κ1) is 16.5. The Hall–Kier alpha value is -1.55. The molecule has 4 heteroatoms. The Kier molecular flexibility index (Phi) is 6.52. The first-order chi connectivity index (χ1) is 9.47. The van der Waals surface area contributed by atoms with Crippen molar-refractivity contribution in [3.8, 4) is 5.75 Å². The number of hydrogen-bond acceptors (Lipinski definition) is 3. The highest BCUT2D eigenvalue weighted by Crippen LogP contribution is 2.19. The van der Waals surface area contributed by atoms with Crippen molar-refractivity contribution in [2.75, 3.05) is 5.32 Å². The molecule has 0 spiro atoms. The highest BCUT2D eigenvalue weighted by molar-refractivity contribution is 5.95. The van der Waals surface area contributed by atoms with Gasteiger partial charge in [-0.15, -0.1) is 0 Å². The van der Waals surface area contributed by atoms with Gasteiger partial charge in [-0.2, -0.15) is 0 Å². The number of hydrogen-bond donors (Lipinski definition) is 2. The van der Waals surface area contributed by atoms with Gasteiger partial charge in [-0.25, -0.2) is 0 Å². The third-order valence-electron chi connectivity index (χ3n) is 3.57. The van der Waals surface area contributed by atoms with Gasteiger partial charge in [0.2, 0.25) is 5.91 Å². The third-order valence-corrected chi connectivity index (χ3v) is 3.57. The second-order valence-electron chi connectivity index (χ2n) is 5.27. The smallest absolute Gasteiger partial charge is 0.241 e. The molecule has 0 heterocycles. The number of carbonyl (C=O) groups excluding carboxylic acids is 1. The Balaban J connectivity index is 2.68. The summed E-state index contributed by atoms with van der Waals surface area (Å²) < 4.78 is 5.73. The SMILES string of the molecule is CCC(C)Oc1cccc(NC(=O)C(N)C(C)CC)c1. The Morgan fingerprint density at radius 1 is 1.30 bits per heavy atom. The molecule has 0 aliphatic carbocycles. The second-order valence-corrected chi connectivity index (χ2v) is 5.27. The highest BCUT2D eigenvalue weighted by Gasteiger charge is 2.19. The van der Waals surface area contributed by atoms with Crippen LogP contribution in [0.5, 0.6) is 5.75 Å². The molecule has 0 aliphatic rings. The van der Waals surface area contributed by atoms with Crippen LogP contribution in [0.25, 0.3) is 0 Å². The summed E-state index contributed by atoms with van der Waals surface area (Å²) in [5.41, 5.74) is 6.63. The molecule has 112 valence electrons. The number of anilines is 1. The van der Waals surface area contributed by atoms with E-state index in [2.05, 4.69) is 12.2 Å². The van der Waals surface area contributed by atoms with Crippen molar-refractivity contribution in [3.05, 3.63) is 24.3 Å². The maximum Gasteiger partial charge on any atom is 0.241 e. The maximum absolute atomic E-state index is 12.0. The monoisotopic (exact) mass is 278 g/mol. The van der Waals surface area contributed by atoms with Gasteiger partial charge >= 0.3 is 0 Å². The number of rotatable bonds is 7. The molecule has 0 saturated heterocycles. The predicted octanol–water partition coefficient (Wildman–Crippen LogP) is 3.18.